The highest BCUT2D eigenvalue weighted by Gasteiger charge is 2.50. The molecule has 0 radical (unpaired) electrons. The Morgan fingerprint density at radius 2 is 0.787 bits per heavy atom. The van der Waals surface area contributed by atoms with E-state index in [1.165, 1.54) is 45.1 Å². The van der Waals surface area contributed by atoms with Crippen LogP contribution >= 0.6 is 31.9 Å². The molecule has 4 heterocycles. The molecule has 12 heteroatoms. The van der Waals surface area contributed by atoms with E-state index >= 15 is 0 Å². The minimum absolute atomic E-state index is 0.0594. The van der Waals surface area contributed by atoms with Crippen LogP contribution in [0.15, 0.2) is 215 Å². The first-order valence-electron chi connectivity index (χ1n) is 27.1. The van der Waals surface area contributed by atoms with Gasteiger partial charge in [0.2, 0.25) is 11.4 Å². The van der Waals surface area contributed by atoms with Crippen molar-refractivity contribution in [3.8, 4) is 0 Å². The molecule has 0 aromatic heterocycles. The number of hydrogen-bond donors (Lipinski definition) is 0. The minimum atomic E-state index is -0.543. The van der Waals surface area contributed by atoms with Gasteiger partial charge in [0, 0.05) is 95.2 Å². The molecular weight excluding hydrogens is 1120 g/mol. The van der Waals surface area contributed by atoms with Gasteiger partial charge in [0.05, 0.1) is 29.6 Å². The molecule has 4 aliphatic heterocycles. The van der Waals surface area contributed by atoms with Gasteiger partial charge in [-0.05, 0) is 143 Å². The van der Waals surface area contributed by atoms with Crippen LogP contribution in [0, 0.1) is 20.2 Å². The lowest BCUT2D eigenvalue weighted by Crippen LogP contribution is -2.33. The molecule has 10 nitrogen and oxygen atoms in total. The molecule has 0 N–H and O–H groups in total. The molecule has 402 valence electrons. The summed E-state index contributed by atoms with van der Waals surface area (Å²) in [5.74, 6) is 0. The van der Waals surface area contributed by atoms with E-state index in [-0.39, 0.29) is 32.1 Å². The number of likely N-dealkylation sites (N-methyl/N-ethyl adjacent to an activating group) is 2. The quantitative estimate of drug-likeness (QED) is 0.0611. The summed E-state index contributed by atoms with van der Waals surface area (Å²) in [5.41, 5.74) is 16.3. The fourth-order valence-corrected chi connectivity index (χ4v) is 14.8. The van der Waals surface area contributed by atoms with Gasteiger partial charge >= 0.3 is 0 Å². The van der Waals surface area contributed by atoms with Crippen molar-refractivity contribution in [1.29, 1.82) is 0 Å². The van der Waals surface area contributed by atoms with Crippen molar-refractivity contribution in [2.24, 2.45) is 0 Å². The van der Waals surface area contributed by atoms with Crippen molar-refractivity contribution < 1.29 is 19.0 Å². The topological polar surface area (TPSA) is 98.8 Å². The third-order valence-electron chi connectivity index (χ3n) is 17.8. The molecule has 7 aromatic carbocycles. The summed E-state index contributed by atoms with van der Waals surface area (Å²) in [6.07, 6.45) is 16.2. The molecule has 0 bridgehead atoms. The van der Waals surface area contributed by atoms with Gasteiger partial charge in [0.1, 0.15) is 14.1 Å². The summed E-state index contributed by atoms with van der Waals surface area (Å²) in [7, 11) is 8.43. The summed E-state index contributed by atoms with van der Waals surface area (Å²) in [6.45, 7) is 9.11. The summed E-state index contributed by atoms with van der Waals surface area (Å²) in [6, 6.07) is 54.6. The Kier molecular flexibility index (Phi) is 14.0. The fourth-order valence-electron chi connectivity index (χ4n) is 13.8. The Labute approximate surface area is 485 Å². The lowest BCUT2D eigenvalue weighted by atomic mass is 9.73. The first-order chi connectivity index (χ1) is 38.3. The van der Waals surface area contributed by atoms with Gasteiger partial charge in [-0.25, -0.2) is 0 Å². The molecule has 4 unspecified atom stereocenters. The molecule has 4 atom stereocenters. The van der Waals surface area contributed by atoms with Crippen LogP contribution in [0.3, 0.4) is 0 Å². The predicted molar refractivity (Wildman–Crippen MR) is 331 cm³/mol. The Balaban J connectivity index is 0.889. The first-order valence-corrected chi connectivity index (χ1v) is 28.6. The van der Waals surface area contributed by atoms with E-state index in [4.69, 9.17) is 0 Å². The second-order valence-corrected chi connectivity index (χ2v) is 24.6. The van der Waals surface area contributed by atoms with E-state index in [9.17, 15) is 20.2 Å². The summed E-state index contributed by atoms with van der Waals surface area (Å²) >= 11 is 7.00. The maximum absolute atomic E-state index is 12.2. The van der Waals surface area contributed by atoms with Gasteiger partial charge in [-0.3, -0.25) is 20.2 Å². The molecule has 0 saturated carbocycles. The molecule has 0 amide bonds. The van der Waals surface area contributed by atoms with Crippen molar-refractivity contribution in [3.05, 3.63) is 279 Å². The Morgan fingerprint density at radius 1 is 0.463 bits per heavy atom. The average molecular weight is 1190 g/mol. The zero-order valence-electron chi connectivity index (χ0n) is 46.4. The zero-order valence-corrected chi connectivity index (χ0v) is 49.5. The molecular formula is C68H64Br2N6O4+2. The maximum Gasteiger partial charge on any atom is 0.283 e. The minimum Gasteiger partial charge on any atom is -0.347 e. The lowest BCUT2D eigenvalue weighted by Gasteiger charge is -2.29. The maximum atomic E-state index is 12.2. The summed E-state index contributed by atoms with van der Waals surface area (Å²) in [5, 5.41) is 24.5. The van der Waals surface area contributed by atoms with Gasteiger partial charge in [0.25, 0.3) is 11.4 Å². The smallest absolute Gasteiger partial charge is 0.283 e. The molecule has 7 aromatic rings. The van der Waals surface area contributed by atoms with Crippen LogP contribution < -0.4 is 9.80 Å². The third kappa shape index (κ3) is 9.10. The highest BCUT2D eigenvalue weighted by atomic mass is 79.9. The number of halogens is 2. The summed E-state index contributed by atoms with van der Waals surface area (Å²) in [4.78, 5) is 28.2. The number of rotatable bonds is 14. The second kappa shape index (κ2) is 20.7. The molecule has 11 rings (SSSR count). The van der Waals surface area contributed by atoms with Crippen molar-refractivity contribution in [2.45, 2.75) is 75.0 Å². The van der Waals surface area contributed by atoms with Crippen LogP contribution in [-0.4, -0.2) is 58.6 Å². The van der Waals surface area contributed by atoms with E-state index in [0.717, 1.165) is 57.9 Å². The predicted octanol–water partition coefficient (Wildman–Crippen LogP) is 15.7. The molecule has 4 aliphatic rings. The first kappa shape index (κ1) is 54.2. The number of nitrogens with zero attached hydrogens (tertiary/aromatic N) is 6. The monoisotopic (exact) mass is 1190 g/mol. The number of benzene rings is 7. The van der Waals surface area contributed by atoms with Crippen molar-refractivity contribution in [1.82, 2.24) is 0 Å². The van der Waals surface area contributed by atoms with Crippen LogP contribution in [0.5, 0.6) is 0 Å². The number of allylic oxidation sites excluding steroid dienone is 8. The van der Waals surface area contributed by atoms with Crippen LogP contribution in [-0.2, 0) is 47.3 Å². The summed E-state index contributed by atoms with van der Waals surface area (Å²) < 4.78 is 5.57. The molecule has 0 saturated heterocycles. The van der Waals surface area contributed by atoms with Gasteiger partial charge in [0.15, 0.2) is 11.4 Å². The van der Waals surface area contributed by atoms with Crippen molar-refractivity contribution >= 4 is 77.4 Å². The highest BCUT2D eigenvalue weighted by Crippen LogP contribution is 2.54. The normalized spacial score (nSPS) is 23.0. The van der Waals surface area contributed by atoms with E-state index in [1.807, 2.05) is 48.5 Å². The second-order valence-electron chi connectivity index (χ2n) is 22.8. The number of para-hydroxylation sites is 2. The average Bonchev–Trinajstić information content (AvgIpc) is 4.20. The Morgan fingerprint density at radius 3 is 1.15 bits per heavy atom. The number of fused-ring (bicyclic) bond motifs is 4. The molecule has 0 aliphatic carbocycles. The lowest BCUT2D eigenvalue weighted by molar-refractivity contribution is -0.401. The molecule has 80 heavy (non-hydrogen) atoms. The van der Waals surface area contributed by atoms with Gasteiger partial charge in [-0.15, -0.1) is 0 Å². The largest absolute Gasteiger partial charge is 0.347 e. The van der Waals surface area contributed by atoms with Crippen LogP contribution in [0.2, 0.25) is 0 Å². The van der Waals surface area contributed by atoms with Crippen LogP contribution in [0.25, 0.3) is 0 Å². The van der Waals surface area contributed by atoms with Gasteiger partial charge < -0.3 is 9.80 Å². The standard InChI is InChI=1S/C68H64Br2N6O4/c1-65(49-25-15-17-27-55(49)71(5)61(65)29-19-31-63-67(3,41-45-21-11-9-12-22-45)51-37-59(75(77)78)53(69)39-57(51)73(63)7)43-47-33-35-48(36-34-47)44-66(2)50-26-16-18-28-56(50)72(6)62(66)30-20-32-64-68(4,42-46-23-13-10-14-24-46)52-38-60(76(79)80)54(70)40-58(52)74(64)8/h9-40H,41-44H2,1-8H3/q+2. The highest BCUT2D eigenvalue weighted by molar-refractivity contribution is 9.11. The fraction of sp³-hybridized carbons (Fsp3) is 0.235. The molecule has 0 spiro atoms. The Hall–Kier alpha value is -7.80. The zero-order chi connectivity index (χ0) is 56.5. The van der Waals surface area contributed by atoms with Crippen molar-refractivity contribution in [2.75, 3.05) is 38.0 Å². The molecule has 0 fully saturated rings. The third-order valence-corrected chi connectivity index (χ3v) is 19.1. The number of hydrogen-bond acceptors (Lipinski definition) is 6. The van der Waals surface area contributed by atoms with E-state index in [2.05, 4.69) is 240 Å². The van der Waals surface area contributed by atoms with Gasteiger partial charge in [-0.2, -0.15) is 9.15 Å². The van der Waals surface area contributed by atoms with Crippen molar-refractivity contribution in [3.63, 3.8) is 0 Å². The van der Waals surface area contributed by atoms with Crippen LogP contribution in [0.1, 0.15) is 72.2 Å². The van der Waals surface area contributed by atoms with E-state index in [1.54, 1.807) is 12.1 Å². The number of nitro benzene ring substituents is 2. The Bertz CT molecular complexity index is 3630. The number of nitro groups is 2. The van der Waals surface area contributed by atoms with Gasteiger partial charge in [-0.1, -0.05) is 133 Å². The number of anilines is 2. The van der Waals surface area contributed by atoms with E-state index < -0.39 is 10.8 Å². The van der Waals surface area contributed by atoms with E-state index in [0.29, 0.717) is 21.8 Å². The van der Waals surface area contributed by atoms with Crippen LogP contribution in [0.4, 0.5) is 34.1 Å². The SMILES string of the molecule is CN1/C(=C/C=C/C2=[N+](C)c3ccccc3C2(C)Cc2ccc(CC3(C)C(/C=C/C=C4/N(C)c5cc(Br)c([N+](=O)[O-])cc5C4(C)Cc4ccccc4)=[N+](C)c4ccccc43)cc2)C(C)(Cc2ccccc2)c2cc([N+](=O)[O-])c(Br)cc21.